The molecule has 1 heterocycles. The standard InChI is InChI=1S/C15H21N3O/c1-10-4-5-12(11(2)8-10)14-9-17-15(18-14)13(16)6-7-19-3/h4-5,8-9,13H,6-7,16H2,1-3H3,(H,17,18). The Hall–Kier alpha value is -1.65. The molecule has 2 rings (SSSR count). The number of H-pyrrole nitrogens is 1. The van der Waals surface area contributed by atoms with Crippen molar-refractivity contribution in [3.8, 4) is 11.3 Å². The van der Waals surface area contributed by atoms with Crippen LogP contribution in [0.5, 0.6) is 0 Å². The molecule has 1 unspecified atom stereocenters. The van der Waals surface area contributed by atoms with E-state index in [1.54, 1.807) is 7.11 Å². The summed E-state index contributed by atoms with van der Waals surface area (Å²) in [6, 6.07) is 6.27. The van der Waals surface area contributed by atoms with Crippen LogP contribution in [0.4, 0.5) is 0 Å². The number of hydrogen-bond acceptors (Lipinski definition) is 3. The summed E-state index contributed by atoms with van der Waals surface area (Å²) >= 11 is 0. The normalized spacial score (nSPS) is 12.6. The van der Waals surface area contributed by atoms with Gasteiger partial charge in [-0.25, -0.2) is 4.98 Å². The van der Waals surface area contributed by atoms with Gasteiger partial charge in [0.25, 0.3) is 0 Å². The fourth-order valence-corrected chi connectivity index (χ4v) is 2.16. The largest absolute Gasteiger partial charge is 0.385 e. The first-order chi connectivity index (χ1) is 9.11. The molecule has 102 valence electrons. The van der Waals surface area contributed by atoms with Gasteiger partial charge in [-0.2, -0.15) is 0 Å². The summed E-state index contributed by atoms with van der Waals surface area (Å²) in [5, 5.41) is 0. The van der Waals surface area contributed by atoms with E-state index < -0.39 is 0 Å². The average molecular weight is 259 g/mol. The van der Waals surface area contributed by atoms with Crippen LogP contribution in [0.25, 0.3) is 11.3 Å². The molecule has 19 heavy (non-hydrogen) atoms. The molecule has 0 aliphatic carbocycles. The molecular weight excluding hydrogens is 238 g/mol. The molecule has 0 bridgehead atoms. The Balaban J connectivity index is 2.20. The van der Waals surface area contributed by atoms with Crippen molar-refractivity contribution in [2.24, 2.45) is 5.73 Å². The summed E-state index contributed by atoms with van der Waals surface area (Å²) in [7, 11) is 1.68. The van der Waals surface area contributed by atoms with Crippen LogP contribution in [0.15, 0.2) is 24.4 Å². The summed E-state index contributed by atoms with van der Waals surface area (Å²) in [5.74, 6) is 0.812. The van der Waals surface area contributed by atoms with Crippen molar-refractivity contribution < 1.29 is 4.74 Å². The maximum Gasteiger partial charge on any atom is 0.123 e. The van der Waals surface area contributed by atoms with Gasteiger partial charge in [-0.3, -0.25) is 0 Å². The summed E-state index contributed by atoms with van der Waals surface area (Å²) in [6.07, 6.45) is 2.61. The number of hydrogen-bond donors (Lipinski definition) is 2. The number of benzene rings is 1. The predicted molar refractivity (Wildman–Crippen MR) is 76.9 cm³/mol. The Morgan fingerprint density at radius 3 is 2.84 bits per heavy atom. The van der Waals surface area contributed by atoms with Crippen molar-refractivity contribution in [1.82, 2.24) is 9.97 Å². The van der Waals surface area contributed by atoms with E-state index in [-0.39, 0.29) is 6.04 Å². The quantitative estimate of drug-likeness (QED) is 0.867. The van der Waals surface area contributed by atoms with E-state index in [9.17, 15) is 0 Å². The van der Waals surface area contributed by atoms with Gasteiger partial charge in [0.1, 0.15) is 5.82 Å². The molecule has 0 amide bonds. The first-order valence-corrected chi connectivity index (χ1v) is 6.49. The molecule has 0 aliphatic rings. The fraction of sp³-hybridized carbons (Fsp3) is 0.400. The van der Waals surface area contributed by atoms with Crippen molar-refractivity contribution in [1.29, 1.82) is 0 Å². The molecule has 4 nitrogen and oxygen atoms in total. The second-order valence-corrected chi connectivity index (χ2v) is 4.89. The van der Waals surface area contributed by atoms with E-state index >= 15 is 0 Å². The molecule has 0 spiro atoms. The van der Waals surface area contributed by atoms with Crippen molar-refractivity contribution in [3.63, 3.8) is 0 Å². The lowest BCUT2D eigenvalue weighted by Gasteiger charge is -2.08. The first-order valence-electron chi connectivity index (χ1n) is 6.49. The Bertz CT molecular complexity index is 548. The Kier molecular flexibility index (Phi) is 4.35. The number of nitrogens with one attached hydrogen (secondary N) is 1. The number of ether oxygens (including phenoxy) is 1. The zero-order valence-electron chi connectivity index (χ0n) is 11.7. The fourth-order valence-electron chi connectivity index (χ4n) is 2.16. The smallest absolute Gasteiger partial charge is 0.123 e. The zero-order chi connectivity index (χ0) is 13.8. The Morgan fingerprint density at radius 2 is 2.16 bits per heavy atom. The Morgan fingerprint density at radius 1 is 1.37 bits per heavy atom. The van der Waals surface area contributed by atoms with Gasteiger partial charge in [-0.05, 0) is 25.8 Å². The highest BCUT2D eigenvalue weighted by atomic mass is 16.5. The third kappa shape index (κ3) is 3.22. The highest BCUT2D eigenvalue weighted by molar-refractivity contribution is 5.63. The molecular formula is C15H21N3O. The topological polar surface area (TPSA) is 63.9 Å². The van der Waals surface area contributed by atoms with Gasteiger partial charge in [0.2, 0.25) is 0 Å². The van der Waals surface area contributed by atoms with Crippen LogP contribution in [0.1, 0.15) is 29.4 Å². The second kappa shape index (κ2) is 5.99. The lowest BCUT2D eigenvalue weighted by molar-refractivity contribution is 0.187. The number of nitrogens with two attached hydrogens (primary N) is 1. The lowest BCUT2D eigenvalue weighted by Crippen LogP contribution is -2.14. The van der Waals surface area contributed by atoms with Gasteiger partial charge in [0.05, 0.1) is 17.9 Å². The van der Waals surface area contributed by atoms with E-state index in [0.717, 1.165) is 17.9 Å². The minimum Gasteiger partial charge on any atom is -0.385 e. The molecule has 1 atom stereocenters. The number of imidazole rings is 1. The van der Waals surface area contributed by atoms with E-state index in [4.69, 9.17) is 10.5 Å². The molecule has 0 aliphatic heterocycles. The van der Waals surface area contributed by atoms with E-state index in [2.05, 4.69) is 42.0 Å². The van der Waals surface area contributed by atoms with Gasteiger partial charge < -0.3 is 15.5 Å². The first kappa shape index (κ1) is 13.8. The minimum atomic E-state index is -0.112. The molecule has 0 fully saturated rings. The molecule has 1 aromatic heterocycles. The Labute approximate surface area is 114 Å². The summed E-state index contributed by atoms with van der Waals surface area (Å²) in [4.78, 5) is 7.68. The molecule has 2 aromatic rings. The van der Waals surface area contributed by atoms with Crippen LogP contribution < -0.4 is 5.73 Å². The number of rotatable bonds is 5. The molecule has 1 aromatic carbocycles. The van der Waals surface area contributed by atoms with Gasteiger partial charge in [-0.1, -0.05) is 23.8 Å². The van der Waals surface area contributed by atoms with Crippen LogP contribution in [-0.2, 0) is 4.74 Å². The number of nitrogens with zero attached hydrogens (tertiary/aromatic N) is 1. The van der Waals surface area contributed by atoms with Crippen LogP contribution in [0, 0.1) is 13.8 Å². The van der Waals surface area contributed by atoms with Gasteiger partial charge >= 0.3 is 0 Å². The van der Waals surface area contributed by atoms with Gasteiger partial charge in [-0.15, -0.1) is 0 Å². The lowest BCUT2D eigenvalue weighted by atomic mass is 10.0. The minimum absolute atomic E-state index is 0.112. The zero-order valence-corrected chi connectivity index (χ0v) is 11.7. The van der Waals surface area contributed by atoms with Crippen molar-refractivity contribution in [3.05, 3.63) is 41.3 Å². The highest BCUT2D eigenvalue weighted by Gasteiger charge is 2.11. The van der Waals surface area contributed by atoms with Gasteiger partial charge in [0, 0.05) is 19.3 Å². The van der Waals surface area contributed by atoms with Crippen LogP contribution in [0.2, 0.25) is 0 Å². The average Bonchev–Trinajstić information content (AvgIpc) is 2.85. The summed E-state index contributed by atoms with van der Waals surface area (Å²) < 4.78 is 5.04. The summed E-state index contributed by atoms with van der Waals surface area (Å²) in [5.41, 5.74) is 10.7. The van der Waals surface area contributed by atoms with Crippen LogP contribution in [0.3, 0.4) is 0 Å². The van der Waals surface area contributed by atoms with Crippen LogP contribution >= 0.6 is 0 Å². The number of aromatic amines is 1. The predicted octanol–water partition coefficient (Wildman–Crippen LogP) is 2.73. The summed E-state index contributed by atoms with van der Waals surface area (Å²) in [6.45, 7) is 4.84. The van der Waals surface area contributed by atoms with E-state index in [0.29, 0.717) is 6.61 Å². The van der Waals surface area contributed by atoms with Gasteiger partial charge in [0.15, 0.2) is 0 Å². The molecule has 0 radical (unpaired) electrons. The number of aryl methyl sites for hydroxylation is 2. The molecule has 3 N–H and O–H groups in total. The third-order valence-corrected chi connectivity index (χ3v) is 3.25. The SMILES string of the molecule is COCCC(N)c1ncc(-c2ccc(C)cc2C)[nH]1. The molecule has 4 heteroatoms. The van der Waals surface area contributed by atoms with Crippen molar-refractivity contribution in [2.45, 2.75) is 26.3 Å². The monoisotopic (exact) mass is 259 g/mol. The highest BCUT2D eigenvalue weighted by Crippen LogP contribution is 2.23. The molecule has 0 saturated carbocycles. The van der Waals surface area contributed by atoms with Crippen LogP contribution in [-0.4, -0.2) is 23.7 Å². The molecule has 0 saturated heterocycles. The van der Waals surface area contributed by atoms with Crippen molar-refractivity contribution >= 4 is 0 Å². The van der Waals surface area contributed by atoms with Crippen molar-refractivity contribution in [2.75, 3.05) is 13.7 Å². The number of aromatic nitrogens is 2. The van der Waals surface area contributed by atoms with E-state index in [1.165, 1.54) is 16.7 Å². The number of methoxy groups -OCH3 is 1. The third-order valence-electron chi connectivity index (χ3n) is 3.25. The maximum absolute atomic E-state index is 6.06. The van der Waals surface area contributed by atoms with E-state index in [1.807, 2.05) is 6.20 Å². The second-order valence-electron chi connectivity index (χ2n) is 4.89. The maximum atomic E-state index is 6.06.